The molecule has 1 aromatic carbocycles. The molecule has 0 aliphatic carbocycles. The van der Waals surface area contributed by atoms with E-state index in [0.717, 1.165) is 62.4 Å². The van der Waals surface area contributed by atoms with Crippen LogP contribution >= 0.6 is 0 Å². The molecule has 0 atom stereocenters. The summed E-state index contributed by atoms with van der Waals surface area (Å²) in [6, 6.07) is 4.16. The van der Waals surface area contributed by atoms with Gasteiger partial charge in [0.05, 0.1) is 35.1 Å². The van der Waals surface area contributed by atoms with E-state index in [2.05, 4.69) is 52.5 Å². The number of nitrogens with one attached hydrogen (secondary N) is 2. The summed E-state index contributed by atoms with van der Waals surface area (Å²) in [6.45, 7) is 14.1. The van der Waals surface area contributed by atoms with Crippen LogP contribution in [0.25, 0.3) is 5.70 Å². The highest BCUT2D eigenvalue weighted by molar-refractivity contribution is 7.92. The number of halogens is 2. The Morgan fingerprint density at radius 3 is 2.42 bits per heavy atom. The van der Waals surface area contributed by atoms with Crippen LogP contribution in [0.3, 0.4) is 0 Å². The molecule has 0 radical (unpaired) electrons. The molecule has 1 aliphatic rings. The van der Waals surface area contributed by atoms with Crippen LogP contribution in [-0.2, 0) is 10.0 Å². The molecule has 3 rings (SSSR count). The van der Waals surface area contributed by atoms with Gasteiger partial charge in [-0.25, -0.2) is 21.8 Å². The number of hydrogen-bond donors (Lipinski definition) is 2. The smallest absolute Gasteiger partial charge is 0.232 e. The van der Waals surface area contributed by atoms with Crippen LogP contribution in [0.5, 0.6) is 0 Å². The van der Waals surface area contributed by atoms with Crippen molar-refractivity contribution >= 4 is 39.0 Å². The van der Waals surface area contributed by atoms with Crippen molar-refractivity contribution in [3.8, 4) is 0 Å². The van der Waals surface area contributed by atoms with Crippen LogP contribution in [0.4, 0.5) is 25.8 Å². The first-order valence-corrected chi connectivity index (χ1v) is 15.5. The van der Waals surface area contributed by atoms with Gasteiger partial charge in [0.2, 0.25) is 15.7 Å². The van der Waals surface area contributed by atoms with Gasteiger partial charge < -0.3 is 10.2 Å². The van der Waals surface area contributed by atoms with Gasteiger partial charge in [0.1, 0.15) is 24.8 Å². The SMILES string of the molecule is CCCC=[N+](C)C(=CNc1c(F)ccc(NS(=O)(=O)CCC)c1F)c1cncc(N2CCN(C(C)(C)C)CC2)c1. The van der Waals surface area contributed by atoms with Crippen LogP contribution in [0.15, 0.2) is 36.8 Å². The Hall–Kier alpha value is -3.05. The van der Waals surface area contributed by atoms with Gasteiger partial charge in [-0.3, -0.25) is 14.6 Å². The molecule has 0 amide bonds. The minimum atomic E-state index is -3.75. The molecule has 11 heteroatoms. The Labute approximate surface area is 237 Å². The highest BCUT2D eigenvalue weighted by atomic mass is 32.2. The van der Waals surface area contributed by atoms with E-state index in [-0.39, 0.29) is 17.0 Å². The van der Waals surface area contributed by atoms with Crippen LogP contribution < -0.4 is 14.9 Å². The maximum Gasteiger partial charge on any atom is 0.232 e. The predicted octanol–water partition coefficient (Wildman–Crippen LogP) is 5.36. The summed E-state index contributed by atoms with van der Waals surface area (Å²) in [7, 11) is -1.87. The molecule has 8 nitrogen and oxygen atoms in total. The third kappa shape index (κ3) is 8.23. The molecule has 220 valence electrons. The molecule has 0 unspecified atom stereocenters. The van der Waals surface area contributed by atoms with E-state index in [4.69, 9.17) is 0 Å². The van der Waals surface area contributed by atoms with Crippen molar-refractivity contribution in [2.75, 3.05) is 53.9 Å². The molecule has 1 aromatic heterocycles. The molecule has 0 bridgehead atoms. The van der Waals surface area contributed by atoms with Crippen LogP contribution in [0, 0.1) is 11.6 Å². The normalized spacial score (nSPS) is 15.8. The molecular weight excluding hydrogens is 534 g/mol. The molecule has 0 saturated carbocycles. The van der Waals surface area contributed by atoms with E-state index >= 15 is 4.39 Å². The van der Waals surface area contributed by atoms with Crippen LogP contribution in [0.1, 0.15) is 59.4 Å². The zero-order valence-corrected chi connectivity index (χ0v) is 25.3. The van der Waals surface area contributed by atoms with E-state index in [1.165, 1.54) is 6.20 Å². The second kappa shape index (κ2) is 13.5. The fourth-order valence-electron chi connectivity index (χ4n) is 4.58. The Kier molecular flexibility index (Phi) is 10.7. The summed E-state index contributed by atoms with van der Waals surface area (Å²) < 4.78 is 58.5. The van der Waals surface area contributed by atoms with Gasteiger partial charge in [-0.1, -0.05) is 13.8 Å². The Bertz CT molecular complexity index is 1330. The molecule has 0 spiro atoms. The molecule has 2 aromatic rings. The van der Waals surface area contributed by atoms with Crippen molar-refractivity contribution in [2.24, 2.45) is 0 Å². The molecule has 1 fully saturated rings. The van der Waals surface area contributed by atoms with Crippen molar-refractivity contribution < 1.29 is 21.8 Å². The van der Waals surface area contributed by atoms with Gasteiger partial charge in [-0.05, 0) is 51.8 Å². The first-order chi connectivity index (χ1) is 18.9. The third-order valence-corrected chi connectivity index (χ3v) is 8.34. The molecule has 1 saturated heterocycles. The van der Waals surface area contributed by atoms with Crippen molar-refractivity contribution in [2.45, 2.75) is 59.4 Å². The van der Waals surface area contributed by atoms with Crippen molar-refractivity contribution in [1.29, 1.82) is 0 Å². The Morgan fingerprint density at radius 1 is 1.10 bits per heavy atom. The lowest BCUT2D eigenvalue weighted by Crippen LogP contribution is -2.53. The quantitative estimate of drug-likeness (QED) is 0.277. The number of unbranched alkanes of at least 4 members (excludes halogenated alkanes) is 1. The number of anilines is 3. The maximum atomic E-state index is 15.3. The highest BCUT2D eigenvalue weighted by Gasteiger charge is 2.26. The van der Waals surface area contributed by atoms with Gasteiger partial charge >= 0.3 is 0 Å². The van der Waals surface area contributed by atoms with Gasteiger partial charge in [-0.15, -0.1) is 0 Å². The lowest BCUT2D eigenvalue weighted by atomic mass is 10.0. The highest BCUT2D eigenvalue weighted by Crippen LogP contribution is 2.28. The van der Waals surface area contributed by atoms with Crippen molar-refractivity contribution in [3.05, 3.63) is 54.0 Å². The molecule has 1 aliphatic heterocycles. The summed E-state index contributed by atoms with van der Waals surface area (Å²) in [6.07, 6.45) is 9.21. The van der Waals surface area contributed by atoms with Gasteiger partial charge in [0, 0.05) is 44.3 Å². The molecule has 40 heavy (non-hydrogen) atoms. The standard InChI is InChI=1S/C29H43F2N6O2S/c1-7-9-12-35(6)26(21-33-28-24(30)10-11-25(27(28)31)34-40(38,39)17-8-2)22-18-23(20-32-19-22)36-13-15-37(16-14-36)29(3,4)5/h10-12,18-21,33-34H,7-9,13-17H2,1-6H3/q+1. The van der Waals surface area contributed by atoms with Crippen molar-refractivity contribution in [1.82, 2.24) is 9.88 Å². The van der Waals surface area contributed by atoms with Crippen LogP contribution in [-0.4, -0.2) is 73.6 Å². The summed E-state index contributed by atoms with van der Waals surface area (Å²) in [5.41, 5.74) is 1.77. The van der Waals surface area contributed by atoms with Gasteiger partial charge in [0.15, 0.2) is 5.82 Å². The number of pyridine rings is 1. The number of rotatable bonds is 11. The van der Waals surface area contributed by atoms with Crippen LogP contribution in [0.2, 0.25) is 0 Å². The first kappa shape index (κ1) is 31.5. The van der Waals surface area contributed by atoms with E-state index in [9.17, 15) is 12.8 Å². The zero-order chi connectivity index (χ0) is 29.5. The number of aromatic nitrogens is 1. The fraction of sp³-hybridized carbons (Fsp3) is 0.517. The molecule has 2 heterocycles. The topological polar surface area (TPSA) is 80.6 Å². The summed E-state index contributed by atoms with van der Waals surface area (Å²) in [4.78, 5) is 9.24. The number of benzene rings is 1. The number of hydrogen-bond acceptors (Lipinski definition) is 6. The van der Waals surface area contributed by atoms with E-state index in [1.54, 1.807) is 13.1 Å². The Morgan fingerprint density at radius 2 is 1.80 bits per heavy atom. The minimum absolute atomic E-state index is 0.114. The summed E-state index contributed by atoms with van der Waals surface area (Å²) >= 11 is 0. The second-order valence-corrected chi connectivity index (χ2v) is 12.9. The Balaban J connectivity index is 1.94. The average Bonchev–Trinajstić information content (AvgIpc) is 2.90. The molecular formula is C29H43F2N6O2S+. The first-order valence-electron chi connectivity index (χ1n) is 13.8. The van der Waals surface area contributed by atoms with E-state index in [1.807, 2.05) is 30.1 Å². The second-order valence-electron chi connectivity index (χ2n) is 11.0. The minimum Gasteiger partial charge on any atom is -0.368 e. The summed E-state index contributed by atoms with van der Waals surface area (Å²) in [5, 5.41) is 2.76. The van der Waals surface area contributed by atoms with Gasteiger partial charge in [0.25, 0.3) is 0 Å². The fourth-order valence-corrected chi connectivity index (χ4v) is 5.71. The predicted molar refractivity (Wildman–Crippen MR) is 161 cm³/mol. The zero-order valence-electron chi connectivity index (χ0n) is 24.5. The lowest BCUT2D eigenvalue weighted by Gasteiger charge is -2.43. The number of piperazine rings is 1. The lowest BCUT2D eigenvalue weighted by molar-refractivity contribution is -0.391. The van der Waals surface area contributed by atoms with Crippen molar-refractivity contribution in [3.63, 3.8) is 0 Å². The van der Waals surface area contributed by atoms with Gasteiger partial charge in [-0.2, -0.15) is 0 Å². The van der Waals surface area contributed by atoms with E-state index in [0.29, 0.717) is 12.1 Å². The third-order valence-electron chi connectivity index (χ3n) is 6.87. The number of nitrogens with zero attached hydrogens (tertiary/aromatic N) is 4. The summed E-state index contributed by atoms with van der Waals surface area (Å²) in [5.74, 6) is -2.02. The maximum absolute atomic E-state index is 15.3. The average molecular weight is 578 g/mol. The monoisotopic (exact) mass is 577 g/mol. The largest absolute Gasteiger partial charge is 0.368 e. The molecule has 2 N–H and O–H groups in total. The number of sulfonamides is 1. The van der Waals surface area contributed by atoms with E-state index < -0.39 is 27.3 Å².